The number of nitrogens with two attached hydrogens (primary N) is 1. The Morgan fingerprint density at radius 1 is 1.35 bits per heavy atom. The quantitative estimate of drug-likeness (QED) is 0.659. The van der Waals surface area contributed by atoms with Crippen LogP contribution in [0.2, 0.25) is 0 Å². The Morgan fingerprint density at radius 2 is 2.00 bits per heavy atom. The number of benzene rings is 1. The highest BCUT2D eigenvalue weighted by atomic mass is 32.2. The van der Waals surface area contributed by atoms with E-state index in [-0.39, 0.29) is 16.6 Å². The van der Waals surface area contributed by atoms with Gasteiger partial charge in [-0.3, -0.25) is 0 Å². The Labute approximate surface area is 120 Å². The SMILES string of the molecule is CNS(=O)(=O)c1ccc(NC(COC)C(C)C)cc1N. The first-order valence-corrected chi connectivity index (χ1v) is 7.88. The van der Waals surface area contributed by atoms with Crippen molar-refractivity contribution >= 4 is 21.4 Å². The number of nitrogen functional groups attached to an aromatic ring is 1. The van der Waals surface area contributed by atoms with E-state index in [9.17, 15) is 8.42 Å². The van der Waals surface area contributed by atoms with E-state index in [4.69, 9.17) is 10.5 Å². The molecule has 0 aliphatic carbocycles. The lowest BCUT2D eigenvalue weighted by atomic mass is 10.0. The van der Waals surface area contributed by atoms with Crippen molar-refractivity contribution in [3.8, 4) is 0 Å². The van der Waals surface area contributed by atoms with E-state index in [2.05, 4.69) is 23.9 Å². The molecule has 6 nitrogen and oxygen atoms in total. The monoisotopic (exact) mass is 301 g/mol. The molecule has 0 aliphatic rings. The van der Waals surface area contributed by atoms with E-state index in [0.29, 0.717) is 12.5 Å². The molecule has 1 rings (SSSR count). The molecule has 0 amide bonds. The van der Waals surface area contributed by atoms with Gasteiger partial charge in [-0.2, -0.15) is 0 Å². The standard InChI is InChI=1S/C13H23N3O3S/c1-9(2)12(8-19-4)16-10-5-6-13(11(14)7-10)20(17,18)15-3/h5-7,9,12,15-16H,8,14H2,1-4H3. The van der Waals surface area contributed by atoms with Crippen molar-refractivity contribution in [1.29, 1.82) is 0 Å². The Bertz CT molecular complexity index is 544. The third-order valence-electron chi connectivity index (χ3n) is 3.07. The summed E-state index contributed by atoms with van der Waals surface area (Å²) in [7, 11) is -0.526. The summed E-state index contributed by atoms with van der Waals surface area (Å²) in [5.41, 5.74) is 6.80. The first kappa shape index (κ1) is 16.7. The van der Waals surface area contributed by atoms with Crippen LogP contribution in [-0.4, -0.2) is 35.2 Å². The minimum Gasteiger partial charge on any atom is -0.398 e. The van der Waals surface area contributed by atoms with E-state index in [1.165, 1.54) is 13.1 Å². The Balaban J connectivity index is 2.98. The van der Waals surface area contributed by atoms with E-state index < -0.39 is 10.0 Å². The van der Waals surface area contributed by atoms with Crippen molar-refractivity contribution in [3.05, 3.63) is 18.2 Å². The summed E-state index contributed by atoms with van der Waals surface area (Å²) in [4.78, 5) is 0.0818. The second-order valence-corrected chi connectivity index (χ2v) is 6.77. The van der Waals surface area contributed by atoms with Crippen LogP contribution < -0.4 is 15.8 Å². The highest BCUT2D eigenvalue weighted by molar-refractivity contribution is 7.89. The summed E-state index contributed by atoms with van der Waals surface area (Å²) in [5.74, 6) is 0.372. The van der Waals surface area contributed by atoms with Gasteiger partial charge in [-0.1, -0.05) is 13.8 Å². The molecule has 1 aromatic rings. The van der Waals surface area contributed by atoms with Crippen LogP contribution in [0, 0.1) is 5.92 Å². The summed E-state index contributed by atoms with van der Waals surface area (Å²) >= 11 is 0. The van der Waals surface area contributed by atoms with Gasteiger partial charge >= 0.3 is 0 Å². The zero-order valence-corrected chi connectivity index (χ0v) is 13.1. The molecule has 1 aromatic carbocycles. The molecule has 0 spiro atoms. The van der Waals surface area contributed by atoms with Gasteiger partial charge in [0.05, 0.1) is 18.3 Å². The normalized spacial score (nSPS) is 13.4. The third kappa shape index (κ3) is 4.09. The molecule has 114 valence electrons. The zero-order chi connectivity index (χ0) is 15.3. The van der Waals surface area contributed by atoms with Gasteiger partial charge in [0.15, 0.2) is 0 Å². The predicted molar refractivity (Wildman–Crippen MR) is 81.2 cm³/mol. The van der Waals surface area contributed by atoms with Crippen LogP contribution >= 0.6 is 0 Å². The number of ether oxygens (including phenoxy) is 1. The lowest BCUT2D eigenvalue weighted by molar-refractivity contribution is 0.171. The van der Waals surface area contributed by atoms with E-state index in [0.717, 1.165) is 5.69 Å². The predicted octanol–water partition coefficient (Wildman–Crippen LogP) is 1.26. The van der Waals surface area contributed by atoms with Crippen molar-refractivity contribution in [2.75, 3.05) is 31.8 Å². The first-order valence-electron chi connectivity index (χ1n) is 6.40. The zero-order valence-electron chi connectivity index (χ0n) is 12.3. The number of hydrogen-bond donors (Lipinski definition) is 3. The Kier molecular flexibility index (Phi) is 5.79. The van der Waals surface area contributed by atoms with Gasteiger partial charge in [0.2, 0.25) is 10.0 Å². The van der Waals surface area contributed by atoms with Crippen LogP contribution in [0.4, 0.5) is 11.4 Å². The maximum atomic E-state index is 11.7. The Hall–Kier alpha value is -1.31. The topological polar surface area (TPSA) is 93.5 Å². The number of nitrogens with one attached hydrogen (secondary N) is 2. The molecule has 20 heavy (non-hydrogen) atoms. The molecule has 0 saturated carbocycles. The molecule has 0 aliphatic heterocycles. The van der Waals surface area contributed by atoms with Crippen molar-refractivity contribution in [1.82, 2.24) is 4.72 Å². The number of rotatable bonds is 7. The second-order valence-electron chi connectivity index (χ2n) is 4.91. The molecule has 0 aromatic heterocycles. The molecular formula is C13H23N3O3S. The van der Waals surface area contributed by atoms with Crippen LogP contribution in [0.15, 0.2) is 23.1 Å². The minimum absolute atomic E-state index is 0.0818. The van der Waals surface area contributed by atoms with Gasteiger partial charge in [-0.05, 0) is 31.2 Å². The van der Waals surface area contributed by atoms with Gasteiger partial charge in [0.25, 0.3) is 0 Å². The maximum Gasteiger partial charge on any atom is 0.242 e. The molecule has 0 saturated heterocycles. The average Bonchev–Trinajstić information content (AvgIpc) is 2.38. The summed E-state index contributed by atoms with van der Waals surface area (Å²) in [6.07, 6.45) is 0. The molecule has 1 unspecified atom stereocenters. The van der Waals surface area contributed by atoms with Crippen LogP contribution in [0.25, 0.3) is 0 Å². The highest BCUT2D eigenvalue weighted by Crippen LogP contribution is 2.23. The average molecular weight is 301 g/mol. The summed E-state index contributed by atoms with van der Waals surface area (Å²) in [6.45, 7) is 4.73. The number of hydrogen-bond acceptors (Lipinski definition) is 5. The summed E-state index contributed by atoms with van der Waals surface area (Å²) in [5, 5.41) is 3.30. The smallest absolute Gasteiger partial charge is 0.242 e. The fraction of sp³-hybridized carbons (Fsp3) is 0.538. The lowest BCUT2D eigenvalue weighted by Gasteiger charge is -2.23. The fourth-order valence-electron chi connectivity index (χ4n) is 1.79. The summed E-state index contributed by atoms with van der Waals surface area (Å²) in [6, 6.07) is 4.94. The number of anilines is 2. The molecule has 7 heteroatoms. The summed E-state index contributed by atoms with van der Waals surface area (Å²) < 4.78 is 30.9. The highest BCUT2D eigenvalue weighted by Gasteiger charge is 2.17. The van der Waals surface area contributed by atoms with Crippen molar-refractivity contribution < 1.29 is 13.2 Å². The van der Waals surface area contributed by atoms with Crippen molar-refractivity contribution in [3.63, 3.8) is 0 Å². The molecule has 0 heterocycles. The number of methoxy groups -OCH3 is 1. The molecule has 4 N–H and O–H groups in total. The van der Waals surface area contributed by atoms with Gasteiger partial charge in [-0.15, -0.1) is 0 Å². The molecule has 0 radical (unpaired) electrons. The Morgan fingerprint density at radius 3 is 2.45 bits per heavy atom. The van der Waals surface area contributed by atoms with E-state index in [1.807, 2.05) is 0 Å². The van der Waals surface area contributed by atoms with Crippen LogP contribution in [0.1, 0.15) is 13.8 Å². The third-order valence-corrected chi connectivity index (χ3v) is 4.56. The van der Waals surface area contributed by atoms with Crippen LogP contribution in [-0.2, 0) is 14.8 Å². The van der Waals surface area contributed by atoms with E-state index in [1.54, 1.807) is 19.2 Å². The van der Waals surface area contributed by atoms with Gasteiger partial charge < -0.3 is 15.8 Å². The van der Waals surface area contributed by atoms with Crippen LogP contribution in [0.3, 0.4) is 0 Å². The molecular weight excluding hydrogens is 278 g/mol. The molecule has 0 fully saturated rings. The van der Waals surface area contributed by atoms with Gasteiger partial charge in [-0.25, -0.2) is 13.1 Å². The fourth-order valence-corrected chi connectivity index (χ4v) is 2.62. The molecule has 1 atom stereocenters. The maximum absolute atomic E-state index is 11.7. The van der Waals surface area contributed by atoms with Gasteiger partial charge in [0.1, 0.15) is 4.90 Å². The minimum atomic E-state index is -3.53. The lowest BCUT2D eigenvalue weighted by Crippen LogP contribution is -2.30. The number of sulfonamides is 1. The second kappa shape index (κ2) is 6.92. The van der Waals surface area contributed by atoms with Crippen molar-refractivity contribution in [2.24, 2.45) is 5.92 Å². The van der Waals surface area contributed by atoms with Gasteiger partial charge in [0, 0.05) is 12.8 Å². The van der Waals surface area contributed by atoms with Crippen molar-refractivity contribution in [2.45, 2.75) is 24.8 Å². The first-order chi connectivity index (χ1) is 9.31. The van der Waals surface area contributed by atoms with Crippen LogP contribution in [0.5, 0.6) is 0 Å². The van der Waals surface area contributed by atoms with E-state index >= 15 is 0 Å². The largest absolute Gasteiger partial charge is 0.398 e. The molecule has 0 bridgehead atoms.